The predicted octanol–water partition coefficient (Wildman–Crippen LogP) is 2.10. The molecular weight excluding hydrogens is 228 g/mol. The van der Waals surface area contributed by atoms with Gasteiger partial charge in [-0.2, -0.15) is 21.6 Å². The fourth-order valence-corrected chi connectivity index (χ4v) is 1.27. The molecule has 1 heterocycles. The van der Waals surface area contributed by atoms with Crippen molar-refractivity contribution in [2.45, 2.75) is 11.9 Å². The Morgan fingerprint density at radius 2 is 1.86 bits per heavy atom. The van der Waals surface area contributed by atoms with Crippen molar-refractivity contribution in [2.75, 3.05) is 0 Å². The molecule has 80 valence electrons. The summed E-state index contributed by atoms with van der Waals surface area (Å²) in [6.07, 6.45) is -4.70. The Morgan fingerprint density at radius 1 is 1.29 bits per heavy atom. The van der Waals surface area contributed by atoms with Gasteiger partial charge in [0.1, 0.15) is 11.5 Å². The molecule has 0 unspecified atom stereocenters. The summed E-state index contributed by atoms with van der Waals surface area (Å²) in [5.41, 5.74) is 0. The maximum atomic E-state index is 12.0. The molecule has 3 nitrogen and oxygen atoms in total. The number of rotatable bonds is 2. The van der Waals surface area contributed by atoms with E-state index in [0.717, 1.165) is 6.07 Å². The van der Waals surface area contributed by atoms with E-state index in [9.17, 15) is 25.5 Å². The van der Waals surface area contributed by atoms with Crippen molar-refractivity contribution in [2.24, 2.45) is 0 Å². The molecule has 14 heavy (non-hydrogen) atoms. The van der Waals surface area contributed by atoms with Gasteiger partial charge in [0, 0.05) is 0 Å². The topological polar surface area (TPSA) is 47.3 Å². The van der Waals surface area contributed by atoms with Gasteiger partial charge >= 0.3 is 16.4 Å². The fourth-order valence-electron chi connectivity index (χ4n) is 0.778. The van der Waals surface area contributed by atoms with Gasteiger partial charge in [-0.25, -0.2) is 0 Å². The molecule has 0 aromatic carbocycles. The van der Waals surface area contributed by atoms with Gasteiger partial charge in [0.2, 0.25) is 5.76 Å². The third-order valence-electron chi connectivity index (χ3n) is 1.26. The van der Waals surface area contributed by atoms with Crippen molar-refractivity contribution < 1.29 is 29.9 Å². The van der Waals surface area contributed by atoms with Crippen LogP contribution in [0.2, 0.25) is 0 Å². The summed E-state index contributed by atoms with van der Waals surface area (Å²) >= 11 is 0. The van der Waals surface area contributed by atoms with E-state index in [1.807, 2.05) is 0 Å². The Hall–Kier alpha value is -1.05. The van der Waals surface area contributed by atoms with E-state index in [1.165, 1.54) is 0 Å². The van der Waals surface area contributed by atoms with Gasteiger partial charge in [0.25, 0.3) is 0 Å². The second kappa shape index (κ2) is 3.26. The van der Waals surface area contributed by atoms with Gasteiger partial charge < -0.3 is 4.42 Å². The Morgan fingerprint density at radius 3 is 2.21 bits per heavy atom. The molecular formula is C6H4F4O3S. The van der Waals surface area contributed by atoms with Crippen molar-refractivity contribution in [1.82, 2.24) is 0 Å². The molecule has 0 aliphatic carbocycles. The van der Waals surface area contributed by atoms with Crippen LogP contribution in [0.3, 0.4) is 0 Å². The quantitative estimate of drug-likeness (QED) is 0.579. The molecule has 0 fully saturated rings. The number of hydrogen-bond donors (Lipinski definition) is 0. The van der Waals surface area contributed by atoms with E-state index >= 15 is 0 Å². The van der Waals surface area contributed by atoms with Gasteiger partial charge in [-0.3, -0.25) is 0 Å². The van der Waals surface area contributed by atoms with Gasteiger partial charge in [-0.05, 0) is 12.1 Å². The van der Waals surface area contributed by atoms with Crippen LogP contribution >= 0.6 is 0 Å². The SMILES string of the molecule is O=S(=O)(F)Cc1ccc(C(F)(F)F)o1. The molecule has 0 amide bonds. The number of alkyl halides is 3. The molecule has 0 saturated heterocycles. The summed E-state index contributed by atoms with van der Waals surface area (Å²) < 4.78 is 71.9. The first kappa shape index (κ1) is 11.0. The second-order valence-corrected chi connectivity index (χ2v) is 3.81. The van der Waals surface area contributed by atoms with E-state index in [0.29, 0.717) is 6.07 Å². The zero-order valence-corrected chi connectivity index (χ0v) is 7.32. The minimum absolute atomic E-state index is 0.542. The molecule has 0 aliphatic heterocycles. The summed E-state index contributed by atoms with van der Waals surface area (Å²) in [4.78, 5) is 0. The highest BCUT2D eigenvalue weighted by Gasteiger charge is 2.35. The first-order valence-electron chi connectivity index (χ1n) is 3.27. The fraction of sp³-hybridized carbons (Fsp3) is 0.333. The van der Waals surface area contributed by atoms with Gasteiger partial charge in [-0.15, -0.1) is 3.89 Å². The molecule has 0 aliphatic rings. The largest absolute Gasteiger partial charge is 0.455 e. The van der Waals surface area contributed by atoms with Gasteiger partial charge in [-0.1, -0.05) is 0 Å². The Kier molecular flexibility index (Phi) is 2.57. The van der Waals surface area contributed by atoms with Gasteiger partial charge in [0.15, 0.2) is 0 Å². The molecule has 0 saturated carbocycles. The van der Waals surface area contributed by atoms with Crippen LogP contribution in [0.15, 0.2) is 16.5 Å². The van der Waals surface area contributed by atoms with E-state index in [4.69, 9.17) is 0 Å². The van der Waals surface area contributed by atoms with Crippen LogP contribution in [0.1, 0.15) is 11.5 Å². The first-order valence-corrected chi connectivity index (χ1v) is 4.82. The van der Waals surface area contributed by atoms with Crippen molar-refractivity contribution in [3.05, 3.63) is 23.7 Å². The van der Waals surface area contributed by atoms with Crippen LogP contribution in [0, 0.1) is 0 Å². The molecule has 0 spiro atoms. The third-order valence-corrected chi connectivity index (χ3v) is 1.89. The van der Waals surface area contributed by atoms with Crippen LogP contribution in [-0.4, -0.2) is 8.42 Å². The minimum atomic E-state index is -4.87. The Bertz CT molecular complexity index is 417. The van der Waals surface area contributed by atoms with Crippen molar-refractivity contribution >= 4 is 10.2 Å². The highest BCUT2D eigenvalue weighted by Crippen LogP contribution is 2.30. The lowest BCUT2D eigenvalue weighted by atomic mass is 10.4. The average molecular weight is 232 g/mol. The standard InChI is InChI=1S/C6H4F4O3S/c7-6(8,9)5-2-1-4(13-5)3-14(10,11)12/h1-2H,3H2. The zero-order chi connectivity index (χ0) is 11.0. The van der Waals surface area contributed by atoms with E-state index in [-0.39, 0.29) is 0 Å². The number of furan rings is 1. The lowest BCUT2D eigenvalue weighted by Gasteiger charge is -2.00. The molecule has 1 aromatic heterocycles. The molecule has 0 N–H and O–H groups in total. The van der Waals surface area contributed by atoms with Crippen LogP contribution in [0.5, 0.6) is 0 Å². The second-order valence-electron chi connectivity index (χ2n) is 2.45. The maximum absolute atomic E-state index is 12.0. The lowest BCUT2D eigenvalue weighted by molar-refractivity contribution is -0.153. The van der Waals surface area contributed by atoms with Crippen molar-refractivity contribution in [3.63, 3.8) is 0 Å². The van der Waals surface area contributed by atoms with Crippen LogP contribution in [0.25, 0.3) is 0 Å². The highest BCUT2D eigenvalue weighted by molar-refractivity contribution is 7.85. The highest BCUT2D eigenvalue weighted by atomic mass is 32.3. The van der Waals surface area contributed by atoms with Crippen LogP contribution in [-0.2, 0) is 22.2 Å². The summed E-state index contributed by atoms with van der Waals surface area (Å²) in [5, 5.41) is 0. The number of hydrogen-bond acceptors (Lipinski definition) is 3. The van der Waals surface area contributed by atoms with Crippen LogP contribution in [0.4, 0.5) is 17.1 Å². The van der Waals surface area contributed by atoms with E-state index in [1.54, 1.807) is 0 Å². The molecule has 0 atom stereocenters. The molecule has 1 aromatic rings. The van der Waals surface area contributed by atoms with Crippen LogP contribution < -0.4 is 0 Å². The third kappa shape index (κ3) is 3.02. The van der Waals surface area contributed by atoms with Crippen molar-refractivity contribution in [3.8, 4) is 0 Å². The summed E-state index contributed by atoms with van der Waals surface area (Å²) in [6, 6.07) is 1.31. The Balaban J connectivity index is 2.90. The normalized spacial score (nSPS) is 13.1. The predicted molar refractivity (Wildman–Crippen MR) is 37.4 cm³/mol. The van der Waals surface area contributed by atoms with Gasteiger partial charge in [0.05, 0.1) is 0 Å². The van der Waals surface area contributed by atoms with Crippen molar-refractivity contribution in [1.29, 1.82) is 0 Å². The molecule has 0 radical (unpaired) electrons. The smallest absolute Gasteiger partial charge is 0.449 e. The zero-order valence-electron chi connectivity index (χ0n) is 6.51. The maximum Gasteiger partial charge on any atom is 0.449 e. The monoisotopic (exact) mass is 232 g/mol. The molecule has 0 bridgehead atoms. The van der Waals surface area contributed by atoms with E-state index in [2.05, 4.69) is 4.42 Å². The van der Waals surface area contributed by atoms with E-state index < -0.39 is 33.7 Å². The summed E-state index contributed by atoms with van der Waals surface area (Å²) in [7, 11) is -4.87. The minimum Gasteiger partial charge on any atom is -0.455 e. The summed E-state index contributed by atoms with van der Waals surface area (Å²) in [6.45, 7) is 0. The Labute approximate surface area is 76.5 Å². The summed E-state index contributed by atoms with van der Waals surface area (Å²) in [5.74, 6) is -3.13. The molecule has 8 heteroatoms. The molecule has 1 rings (SSSR count). The number of halogens is 4. The average Bonchev–Trinajstić information content (AvgIpc) is 2.29. The first-order chi connectivity index (χ1) is 6.18. The lowest BCUT2D eigenvalue weighted by Crippen LogP contribution is -2.02.